The van der Waals surface area contributed by atoms with E-state index in [1.807, 2.05) is 26.1 Å². The van der Waals surface area contributed by atoms with Crippen molar-refractivity contribution in [2.45, 2.75) is 20.0 Å². The molecule has 7 heteroatoms. The Bertz CT molecular complexity index is 630. The zero-order chi connectivity index (χ0) is 15.2. The van der Waals surface area contributed by atoms with Crippen LogP contribution in [0.25, 0.3) is 0 Å². The lowest BCUT2D eigenvalue weighted by Gasteiger charge is -2.22. The zero-order valence-electron chi connectivity index (χ0n) is 12.8. The van der Waals surface area contributed by atoms with Gasteiger partial charge in [0.25, 0.3) is 0 Å². The molecule has 0 bridgehead atoms. The molecule has 0 spiro atoms. The van der Waals surface area contributed by atoms with Crippen LogP contribution >= 0.6 is 51.2 Å². The van der Waals surface area contributed by atoms with Gasteiger partial charge >= 0.3 is 0 Å². The predicted molar refractivity (Wildman–Crippen MR) is 108 cm³/mol. The highest BCUT2D eigenvalue weighted by molar-refractivity contribution is 14.0. The average Bonchev–Trinajstić information content (AvgIpc) is 2.88. The molecule has 0 unspecified atom stereocenters. The van der Waals surface area contributed by atoms with Gasteiger partial charge in [0.15, 0.2) is 5.96 Å². The van der Waals surface area contributed by atoms with Crippen molar-refractivity contribution in [3.8, 4) is 0 Å². The molecule has 0 fully saturated rings. The highest BCUT2D eigenvalue weighted by Gasteiger charge is 2.09. The summed E-state index contributed by atoms with van der Waals surface area (Å²) >= 11 is 5.24. The van der Waals surface area contributed by atoms with E-state index in [1.165, 1.54) is 5.56 Å². The summed E-state index contributed by atoms with van der Waals surface area (Å²) in [7, 11) is 3.83. The minimum absolute atomic E-state index is 0. The third-order valence-corrected chi connectivity index (χ3v) is 4.74. The van der Waals surface area contributed by atoms with Crippen LogP contribution in [0, 0.1) is 6.92 Å². The van der Waals surface area contributed by atoms with Gasteiger partial charge in [-0.1, -0.05) is 34.1 Å². The van der Waals surface area contributed by atoms with Crippen LogP contribution in [0.3, 0.4) is 0 Å². The molecule has 0 radical (unpaired) electrons. The van der Waals surface area contributed by atoms with Gasteiger partial charge in [-0.3, -0.25) is 4.99 Å². The first kappa shape index (κ1) is 19.4. The topological polar surface area (TPSA) is 40.5 Å². The first-order chi connectivity index (χ1) is 10.1. The number of thiazole rings is 1. The molecule has 1 heterocycles. The maximum Gasteiger partial charge on any atom is 0.194 e. The maximum absolute atomic E-state index is 4.45. The van der Waals surface area contributed by atoms with E-state index < -0.39 is 0 Å². The molecule has 0 saturated heterocycles. The zero-order valence-corrected chi connectivity index (χ0v) is 17.6. The van der Waals surface area contributed by atoms with Crippen molar-refractivity contribution in [1.29, 1.82) is 0 Å². The molecule has 0 amide bonds. The molecule has 0 atom stereocenters. The van der Waals surface area contributed by atoms with E-state index in [-0.39, 0.29) is 24.0 Å². The molecule has 22 heavy (non-hydrogen) atoms. The lowest BCUT2D eigenvalue weighted by atomic mass is 10.2. The SMILES string of the molecule is CN=C(NCc1nc(C)cs1)N(C)Cc1ccccc1Br.I. The summed E-state index contributed by atoms with van der Waals surface area (Å²) in [6.45, 7) is 3.50. The third kappa shape index (κ3) is 5.51. The molecule has 0 aliphatic rings. The number of aliphatic imine (C=N–C) groups is 1. The second-order valence-corrected chi connectivity index (χ2v) is 6.53. The van der Waals surface area contributed by atoms with Gasteiger partial charge in [-0.2, -0.15) is 0 Å². The smallest absolute Gasteiger partial charge is 0.194 e. The second kappa shape index (κ2) is 9.46. The van der Waals surface area contributed by atoms with Crippen molar-refractivity contribution in [2.24, 2.45) is 4.99 Å². The molecule has 2 rings (SSSR count). The summed E-state index contributed by atoms with van der Waals surface area (Å²) < 4.78 is 1.11. The third-order valence-electron chi connectivity index (χ3n) is 3.00. The van der Waals surface area contributed by atoms with Crippen LogP contribution in [-0.2, 0) is 13.1 Å². The molecule has 0 aliphatic heterocycles. The fraction of sp³-hybridized carbons (Fsp3) is 0.333. The van der Waals surface area contributed by atoms with Gasteiger partial charge in [0.05, 0.1) is 6.54 Å². The van der Waals surface area contributed by atoms with Crippen molar-refractivity contribution in [2.75, 3.05) is 14.1 Å². The second-order valence-electron chi connectivity index (χ2n) is 4.73. The van der Waals surface area contributed by atoms with E-state index in [0.717, 1.165) is 27.7 Å². The van der Waals surface area contributed by atoms with E-state index in [1.54, 1.807) is 18.4 Å². The quantitative estimate of drug-likeness (QED) is 0.396. The Morgan fingerprint density at radius 3 is 2.73 bits per heavy atom. The number of aromatic nitrogens is 1. The summed E-state index contributed by atoms with van der Waals surface area (Å²) in [6, 6.07) is 8.23. The van der Waals surface area contributed by atoms with Gasteiger partial charge in [-0.25, -0.2) is 4.98 Å². The van der Waals surface area contributed by atoms with E-state index >= 15 is 0 Å². The standard InChI is InChI=1S/C15H19BrN4S.HI/c1-11-10-21-14(19-11)8-18-15(17-2)20(3)9-12-6-4-5-7-13(12)16;/h4-7,10H,8-9H2,1-3H3,(H,17,18);1H. The number of rotatable bonds is 4. The average molecular weight is 495 g/mol. The summed E-state index contributed by atoms with van der Waals surface area (Å²) in [5, 5.41) is 6.48. The number of benzene rings is 1. The van der Waals surface area contributed by atoms with Crippen LogP contribution in [0.1, 0.15) is 16.3 Å². The van der Waals surface area contributed by atoms with Crippen LogP contribution in [-0.4, -0.2) is 29.9 Å². The number of aryl methyl sites for hydroxylation is 1. The molecule has 1 aromatic heterocycles. The van der Waals surface area contributed by atoms with Crippen LogP contribution in [0.4, 0.5) is 0 Å². The number of hydrogen-bond acceptors (Lipinski definition) is 3. The number of nitrogens with one attached hydrogen (secondary N) is 1. The van der Waals surface area contributed by atoms with Gasteiger partial charge < -0.3 is 10.2 Å². The lowest BCUT2D eigenvalue weighted by molar-refractivity contribution is 0.475. The van der Waals surface area contributed by atoms with E-state index in [0.29, 0.717) is 6.54 Å². The van der Waals surface area contributed by atoms with E-state index in [4.69, 9.17) is 0 Å². The Labute approximate surface area is 161 Å². The molecule has 4 nitrogen and oxygen atoms in total. The van der Waals surface area contributed by atoms with E-state index in [9.17, 15) is 0 Å². The Morgan fingerprint density at radius 2 is 2.14 bits per heavy atom. The molecular weight excluding hydrogens is 475 g/mol. The molecule has 1 aromatic carbocycles. The summed E-state index contributed by atoms with van der Waals surface area (Å²) in [5.74, 6) is 0.860. The van der Waals surface area contributed by atoms with Crippen molar-refractivity contribution in [1.82, 2.24) is 15.2 Å². The van der Waals surface area contributed by atoms with Gasteiger partial charge in [0.2, 0.25) is 0 Å². The van der Waals surface area contributed by atoms with Crippen molar-refractivity contribution in [3.05, 3.63) is 50.4 Å². The Hall–Kier alpha value is -0.670. The Kier molecular flexibility index (Phi) is 8.34. The number of halogens is 2. The van der Waals surface area contributed by atoms with Crippen molar-refractivity contribution >= 4 is 57.2 Å². The molecule has 0 saturated carbocycles. The summed E-state index contributed by atoms with van der Waals surface area (Å²) in [6.07, 6.45) is 0. The molecular formula is C15H20BrIN4S. The van der Waals surface area contributed by atoms with Crippen LogP contribution in [0.5, 0.6) is 0 Å². The van der Waals surface area contributed by atoms with Crippen LogP contribution < -0.4 is 5.32 Å². The van der Waals surface area contributed by atoms with Gasteiger partial charge in [-0.15, -0.1) is 35.3 Å². The Morgan fingerprint density at radius 1 is 1.41 bits per heavy atom. The molecule has 0 aliphatic carbocycles. The molecule has 1 N–H and O–H groups in total. The lowest BCUT2D eigenvalue weighted by Crippen LogP contribution is -2.38. The largest absolute Gasteiger partial charge is 0.350 e. The van der Waals surface area contributed by atoms with Crippen LogP contribution in [0.2, 0.25) is 0 Å². The highest BCUT2D eigenvalue weighted by atomic mass is 127. The van der Waals surface area contributed by atoms with Crippen LogP contribution in [0.15, 0.2) is 39.1 Å². The fourth-order valence-electron chi connectivity index (χ4n) is 1.98. The first-order valence-electron chi connectivity index (χ1n) is 6.66. The Balaban J connectivity index is 0.00000242. The number of guanidine groups is 1. The number of hydrogen-bond donors (Lipinski definition) is 1. The minimum Gasteiger partial charge on any atom is -0.350 e. The number of nitrogens with zero attached hydrogens (tertiary/aromatic N) is 3. The van der Waals surface area contributed by atoms with Gasteiger partial charge in [-0.05, 0) is 18.6 Å². The fourth-order valence-corrected chi connectivity index (χ4v) is 3.10. The monoisotopic (exact) mass is 494 g/mol. The predicted octanol–water partition coefficient (Wildman–Crippen LogP) is 4.04. The van der Waals surface area contributed by atoms with Gasteiger partial charge in [0, 0.05) is 36.2 Å². The maximum atomic E-state index is 4.45. The molecule has 2 aromatic rings. The highest BCUT2D eigenvalue weighted by Crippen LogP contribution is 2.17. The minimum atomic E-state index is 0. The summed E-state index contributed by atoms with van der Waals surface area (Å²) in [4.78, 5) is 10.9. The van der Waals surface area contributed by atoms with Crippen molar-refractivity contribution < 1.29 is 0 Å². The normalized spacial score (nSPS) is 11.0. The summed E-state index contributed by atoms with van der Waals surface area (Å²) in [5.41, 5.74) is 2.29. The molecule has 120 valence electrons. The first-order valence-corrected chi connectivity index (χ1v) is 8.33. The van der Waals surface area contributed by atoms with E-state index in [2.05, 4.69) is 53.6 Å². The van der Waals surface area contributed by atoms with Crippen molar-refractivity contribution in [3.63, 3.8) is 0 Å². The van der Waals surface area contributed by atoms with Gasteiger partial charge in [0.1, 0.15) is 5.01 Å².